The SMILES string of the molecule is Cc1ccc(NC[C@H]2COC(N)=N2)cc1. The number of hydrogen-bond donors (Lipinski definition) is 2. The van der Waals surface area contributed by atoms with Crippen molar-refractivity contribution in [2.24, 2.45) is 10.7 Å². The summed E-state index contributed by atoms with van der Waals surface area (Å²) < 4.78 is 5.06. The van der Waals surface area contributed by atoms with E-state index in [-0.39, 0.29) is 6.04 Å². The Morgan fingerprint density at radius 1 is 1.47 bits per heavy atom. The predicted octanol–water partition coefficient (Wildman–Crippen LogP) is 1.12. The van der Waals surface area contributed by atoms with E-state index in [1.807, 2.05) is 0 Å². The Kier molecular flexibility index (Phi) is 2.76. The van der Waals surface area contributed by atoms with Gasteiger partial charge in [-0.2, -0.15) is 0 Å². The fourth-order valence-corrected chi connectivity index (χ4v) is 1.45. The van der Waals surface area contributed by atoms with Crippen LogP contribution in [0.15, 0.2) is 29.3 Å². The predicted molar refractivity (Wildman–Crippen MR) is 61.0 cm³/mol. The molecule has 0 bridgehead atoms. The van der Waals surface area contributed by atoms with Crippen molar-refractivity contribution in [1.82, 2.24) is 0 Å². The summed E-state index contributed by atoms with van der Waals surface area (Å²) >= 11 is 0. The van der Waals surface area contributed by atoms with Gasteiger partial charge in [-0.25, -0.2) is 4.99 Å². The number of aryl methyl sites for hydroxylation is 1. The Labute approximate surface area is 89.1 Å². The lowest BCUT2D eigenvalue weighted by Crippen LogP contribution is -2.18. The van der Waals surface area contributed by atoms with Gasteiger partial charge in [0.05, 0.1) is 0 Å². The zero-order valence-electron chi connectivity index (χ0n) is 8.73. The molecule has 1 aromatic rings. The number of anilines is 1. The molecule has 1 atom stereocenters. The van der Waals surface area contributed by atoms with E-state index < -0.39 is 0 Å². The van der Waals surface area contributed by atoms with E-state index in [2.05, 4.69) is 41.5 Å². The van der Waals surface area contributed by atoms with Crippen LogP contribution < -0.4 is 11.1 Å². The smallest absolute Gasteiger partial charge is 0.282 e. The Morgan fingerprint density at radius 3 is 2.80 bits per heavy atom. The van der Waals surface area contributed by atoms with Gasteiger partial charge in [0.1, 0.15) is 12.6 Å². The summed E-state index contributed by atoms with van der Waals surface area (Å²) in [6.07, 6.45) is 0. The highest BCUT2D eigenvalue weighted by Crippen LogP contribution is 2.10. The highest BCUT2D eigenvalue weighted by Gasteiger charge is 2.15. The Hall–Kier alpha value is -1.71. The standard InChI is InChI=1S/C11H15N3O/c1-8-2-4-9(5-3-8)13-6-10-7-15-11(12)14-10/h2-5,10,13H,6-7H2,1H3,(H2,12,14)/t10-/m0/s1. The first-order chi connectivity index (χ1) is 7.24. The summed E-state index contributed by atoms with van der Waals surface area (Å²) in [5.74, 6) is 0. The summed E-state index contributed by atoms with van der Waals surface area (Å²) in [6.45, 7) is 3.40. The molecule has 0 amide bonds. The molecule has 1 heterocycles. The molecule has 0 aliphatic carbocycles. The fourth-order valence-electron chi connectivity index (χ4n) is 1.45. The molecule has 0 aromatic heterocycles. The maximum Gasteiger partial charge on any atom is 0.282 e. The number of ether oxygens (including phenoxy) is 1. The van der Waals surface area contributed by atoms with Crippen LogP contribution in [0.2, 0.25) is 0 Å². The number of rotatable bonds is 3. The van der Waals surface area contributed by atoms with E-state index in [1.165, 1.54) is 5.56 Å². The van der Waals surface area contributed by atoms with Gasteiger partial charge in [0.2, 0.25) is 0 Å². The Balaban J connectivity index is 1.86. The molecule has 1 aliphatic rings. The molecule has 0 saturated carbocycles. The first-order valence-electron chi connectivity index (χ1n) is 5.00. The minimum absolute atomic E-state index is 0.131. The molecule has 4 heteroatoms. The average molecular weight is 205 g/mol. The fraction of sp³-hybridized carbons (Fsp3) is 0.364. The monoisotopic (exact) mass is 205 g/mol. The van der Waals surface area contributed by atoms with Crippen LogP contribution in [0, 0.1) is 6.92 Å². The molecule has 15 heavy (non-hydrogen) atoms. The zero-order valence-corrected chi connectivity index (χ0v) is 8.73. The minimum Gasteiger partial charge on any atom is -0.463 e. The molecule has 0 fully saturated rings. The van der Waals surface area contributed by atoms with Crippen molar-refractivity contribution < 1.29 is 4.74 Å². The maximum absolute atomic E-state index is 5.41. The topological polar surface area (TPSA) is 59.6 Å². The number of aliphatic imine (C=N–C) groups is 1. The van der Waals surface area contributed by atoms with Gasteiger partial charge in [0, 0.05) is 12.2 Å². The number of nitrogens with zero attached hydrogens (tertiary/aromatic N) is 1. The quantitative estimate of drug-likeness (QED) is 0.777. The summed E-state index contributed by atoms with van der Waals surface area (Å²) in [6, 6.07) is 8.68. The van der Waals surface area contributed by atoms with Gasteiger partial charge in [0.25, 0.3) is 6.02 Å². The number of nitrogens with one attached hydrogen (secondary N) is 1. The first kappa shape index (κ1) is 9.83. The highest BCUT2D eigenvalue weighted by atomic mass is 16.5. The number of hydrogen-bond acceptors (Lipinski definition) is 4. The molecule has 0 radical (unpaired) electrons. The second-order valence-corrected chi connectivity index (χ2v) is 3.68. The molecular weight excluding hydrogens is 190 g/mol. The summed E-state index contributed by atoms with van der Waals surface area (Å²) in [4.78, 5) is 4.13. The average Bonchev–Trinajstić information content (AvgIpc) is 2.64. The van der Waals surface area contributed by atoms with Gasteiger partial charge >= 0.3 is 0 Å². The minimum atomic E-state index is 0.131. The second-order valence-electron chi connectivity index (χ2n) is 3.68. The lowest BCUT2D eigenvalue weighted by molar-refractivity contribution is 0.316. The zero-order chi connectivity index (χ0) is 10.7. The van der Waals surface area contributed by atoms with E-state index >= 15 is 0 Å². The van der Waals surface area contributed by atoms with Gasteiger partial charge in [0.15, 0.2) is 0 Å². The van der Waals surface area contributed by atoms with E-state index in [1.54, 1.807) is 0 Å². The molecular formula is C11H15N3O. The van der Waals surface area contributed by atoms with Gasteiger partial charge in [-0.15, -0.1) is 0 Å². The van der Waals surface area contributed by atoms with Crippen molar-refractivity contribution in [1.29, 1.82) is 0 Å². The molecule has 0 unspecified atom stereocenters. The van der Waals surface area contributed by atoms with Crippen LogP contribution in [-0.4, -0.2) is 25.2 Å². The van der Waals surface area contributed by atoms with Crippen molar-refractivity contribution in [3.63, 3.8) is 0 Å². The third-order valence-electron chi connectivity index (χ3n) is 2.33. The van der Waals surface area contributed by atoms with Crippen LogP contribution in [0.3, 0.4) is 0 Å². The molecule has 1 aliphatic heterocycles. The van der Waals surface area contributed by atoms with E-state index in [4.69, 9.17) is 10.5 Å². The summed E-state index contributed by atoms with van der Waals surface area (Å²) in [7, 11) is 0. The van der Waals surface area contributed by atoms with Crippen molar-refractivity contribution in [2.45, 2.75) is 13.0 Å². The van der Waals surface area contributed by atoms with Crippen molar-refractivity contribution >= 4 is 11.7 Å². The molecule has 0 saturated heterocycles. The number of amidine groups is 1. The Morgan fingerprint density at radius 2 is 2.20 bits per heavy atom. The summed E-state index contributed by atoms with van der Waals surface area (Å²) in [5, 5.41) is 3.29. The molecule has 3 N–H and O–H groups in total. The first-order valence-corrected chi connectivity index (χ1v) is 5.00. The third kappa shape index (κ3) is 2.62. The molecule has 1 aromatic carbocycles. The van der Waals surface area contributed by atoms with Crippen molar-refractivity contribution in [3.8, 4) is 0 Å². The van der Waals surface area contributed by atoms with Crippen LogP contribution in [0.4, 0.5) is 5.69 Å². The second kappa shape index (κ2) is 4.21. The molecule has 4 nitrogen and oxygen atoms in total. The van der Waals surface area contributed by atoms with Crippen LogP contribution in [0.5, 0.6) is 0 Å². The van der Waals surface area contributed by atoms with Crippen LogP contribution in [0.25, 0.3) is 0 Å². The van der Waals surface area contributed by atoms with Crippen molar-refractivity contribution in [3.05, 3.63) is 29.8 Å². The van der Waals surface area contributed by atoms with Crippen LogP contribution in [0.1, 0.15) is 5.56 Å². The molecule has 80 valence electrons. The lowest BCUT2D eigenvalue weighted by atomic mass is 10.2. The number of nitrogens with two attached hydrogens (primary N) is 1. The lowest BCUT2D eigenvalue weighted by Gasteiger charge is -2.08. The van der Waals surface area contributed by atoms with Gasteiger partial charge in [-0.05, 0) is 19.1 Å². The van der Waals surface area contributed by atoms with Gasteiger partial charge in [-0.3, -0.25) is 0 Å². The molecule has 0 spiro atoms. The molecule has 2 rings (SSSR count). The number of benzene rings is 1. The van der Waals surface area contributed by atoms with Crippen LogP contribution in [-0.2, 0) is 4.74 Å². The van der Waals surface area contributed by atoms with Crippen LogP contribution >= 0.6 is 0 Å². The normalized spacial score (nSPS) is 19.5. The highest BCUT2D eigenvalue weighted by molar-refractivity contribution is 5.73. The van der Waals surface area contributed by atoms with E-state index in [9.17, 15) is 0 Å². The van der Waals surface area contributed by atoms with Gasteiger partial charge in [-0.1, -0.05) is 17.7 Å². The van der Waals surface area contributed by atoms with E-state index in [0.29, 0.717) is 12.6 Å². The van der Waals surface area contributed by atoms with Gasteiger partial charge < -0.3 is 15.8 Å². The van der Waals surface area contributed by atoms with Crippen molar-refractivity contribution in [2.75, 3.05) is 18.5 Å². The third-order valence-corrected chi connectivity index (χ3v) is 2.33. The summed E-state index contributed by atoms with van der Waals surface area (Å²) in [5.41, 5.74) is 7.77. The maximum atomic E-state index is 5.41. The largest absolute Gasteiger partial charge is 0.463 e. The Bertz CT molecular complexity index is 359. The van der Waals surface area contributed by atoms with E-state index in [0.717, 1.165) is 12.2 Å².